The molecule has 0 radical (unpaired) electrons. The van der Waals surface area contributed by atoms with Crippen LogP contribution in [0.15, 0.2) is 73.3 Å². The summed E-state index contributed by atoms with van der Waals surface area (Å²) in [5, 5.41) is 3.52. The van der Waals surface area contributed by atoms with E-state index in [4.69, 9.17) is 0 Å². The molecule has 0 aliphatic heterocycles. The van der Waals surface area contributed by atoms with E-state index >= 15 is 0 Å². The first-order chi connectivity index (χ1) is 8.40. The molecule has 0 heterocycles. The summed E-state index contributed by atoms with van der Waals surface area (Å²) in [5.74, 6) is 0. The third kappa shape index (κ3) is 3.22. The van der Waals surface area contributed by atoms with Crippen LogP contribution in [0.5, 0.6) is 0 Å². The van der Waals surface area contributed by atoms with Gasteiger partial charge in [-0.1, -0.05) is 54.6 Å². The number of hydrogen-bond donors (Lipinski definition) is 1. The molecule has 0 aliphatic carbocycles. The molecule has 17 heavy (non-hydrogen) atoms. The molecule has 0 bridgehead atoms. The van der Waals surface area contributed by atoms with E-state index in [1.807, 2.05) is 30.3 Å². The van der Waals surface area contributed by atoms with Gasteiger partial charge in [0.05, 0.1) is 6.04 Å². The zero-order valence-corrected chi connectivity index (χ0v) is 9.84. The molecule has 0 amide bonds. The summed E-state index contributed by atoms with van der Waals surface area (Å²) in [7, 11) is 0. The van der Waals surface area contributed by atoms with Crippen LogP contribution in [0, 0.1) is 0 Å². The Morgan fingerprint density at radius 2 is 1.53 bits per heavy atom. The predicted molar refractivity (Wildman–Crippen MR) is 74.1 cm³/mol. The highest BCUT2D eigenvalue weighted by Crippen LogP contribution is 2.22. The van der Waals surface area contributed by atoms with Crippen LogP contribution in [-0.4, -0.2) is 0 Å². The highest BCUT2D eigenvalue weighted by molar-refractivity contribution is 5.45. The normalized spacial score (nSPS) is 11.8. The van der Waals surface area contributed by atoms with Crippen molar-refractivity contribution < 1.29 is 0 Å². The molecule has 1 atom stereocenters. The maximum atomic E-state index is 3.83. The summed E-state index contributed by atoms with van der Waals surface area (Å²) in [5.41, 5.74) is 2.43. The fourth-order valence-corrected chi connectivity index (χ4v) is 1.87. The number of benzene rings is 2. The van der Waals surface area contributed by atoms with Gasteiger partial charge in [0.25, 0.3) is 0 Å². The number of anilines is 1. The molecule has 0 spiro atoms. The van der Waals surface area contributed by atoms with E-state index in [1.54, 1.807) is 0 Å². The largest absolute Gasteiger partial charge is 0.378 e. The van der Waals surface area contributed by atoms with E-state index in [9.17, 15) is 0 Å². The lowest BCUT2D eigenvalue weighted by molar-refractivity contribution is 0.799. The SMILES string of the molecule is C=CC[C@H](Nc1ccccc1)c1ccccc1. The van der Waals surface area contributed by atoms with Gasteiger partial charge in [0.1, 0.15) is 0 Å². The molecule has 0 saturated carbocycles. The minimum atomic E-state index is 0.288. The molecule has 1 nitrogen and oxygen atoms in total. The van der Waals surface area contributed by atoms with Crippen LogP contribution < -0.4 is 5.32 Å². The number of para-hydroxylation sites is 1. The van der Waals surface area contributed by atoms with E-state index in [0.29, 0.717) is 0 Å². The fourth-order valence-electron chi connectivity index (χ4n) is 1.87. The lowest BCUT2D eigenvalue weighted by Gasteiger charge is -2.18. The maximum Gasteiger partial charge on any atom is 0.0548 e. The maximum absolute atomic E-state index is 3.83. The lowest BCUT2D eigenvalue weighted by Crippen LogP contribution is -2.09. The first kappa shape index (κ1) is 11.5. The Morgan fingerprint density at radius 1 is 0.941 bits per heavy atom. The van der Waals surface area contributed by atoms with Crippen LogP contribution in [-0.2, 0) is 0 Å². The molecule has 2 rings (SSSR count). The Bertz CT molecular complexity index is 447. The highest BCUT2D eigenvalue weighted by Gasteiger charge is 2.08. The molecule has 2 aromatic rings. The summed E-state index contributed by atoms with van der Waals surface area (Å²) in [4.78, 5) is 0. The minimum Gasteiger partial charge on any atom is -0.378 e. The van der Waals surface area contributed by atoms with Crippen LogP contribution in [0.4, 0.5) is 5.69 Å². The van der Waals surface area contributed by atoms with E-state index in [2.05, 4.69) is 48.3 Å². The zero-order valence-electron chi connectivity index (χ0n) is 9.84. The average Bonchev–Trinajstić information content (AvgIpc) is 2.40. The van der Waals surface area contributed by atoms with Crippen molar-refractivity contribution in [3.05, 3.63) is 78.9 Å². The molecule has 2 aromatic carbocycles. The van der Waals surface area contributed by atoms with Crippen LogP contribution >= 0.6 is 0 Å². The van der Waals surface area contributed by atoms with Crippen molar-refractivity contribution in [2.45, 2.75) is 12.5 Å². The van der Waals surface area contributed by atoms with Gasteiger partial charge in [0.2, 0.25) is 0 Å². The Morgan fingerprint density at radius 3 is 2.12 bits per heavy atom. The van der Waals surface area contributed by atoms with Crippen molar-refractivity contribution in [2.24, 2.45) is 0 Å². The van der Waals surface area contributed by atoms with E-state index in [0.717, 1.165) is 12.1 Å². The van der Waals surface area contributed by atoms with E-state index < -0.39 is 0 Å². The van der Waals surface area contributed by atoms with Gasteiger partial charge in [-0.3, -0.25) is 0 Å². The van der Waals surface area contributed by atoms with Gasteiger partial charge in [0, 0.05) is 5.69 Å². The van der Waals surface area contributed by atoms with Crippen molar-refractivity contribution in [3.63, 3.8) is 0 Å². The second kappa shape index (κ2) is 5.90. The Kier molecular flexibility index (Phi) is 3.98. The monoisotopic (exact) mass is 223 g/mol. The molecule has 0 aromatic heterocycles. The van der Waals surface area contributed by atoms with Crippen molar-refractivity contribution in [1.82, 2.24) is 0 Å². The van der Waals surface area contributed by atoms with Crippen LogP contribution in [0.2, 0.25) is 0 Å². The van der Waals surface area contributed by atoms with Crippen LogP contribution in [0.3, 0.4) is 0 Å². The number of rotatable bonds is 5. The van der Waals surface area contributed by atoms with Gasteiger partial charge in [-0.2, -0.15) is 0 Å². The van der Waals surface area contributed by atoms with Gasteiger partial charge < -0.3 is 5.32 Å². The Balaban J connectivity index is 2.16. The molecule has 0 fully saturated rings. The fraction of sp³-hybridized carbons (Fsp3) is 0.125. The third-order valence-corrected chi connectivity index (χ3v) is 2.72. The van der Waals surface area contributed by atoms with Crippen molar-refractivity contribution in [1.29, 1.82) is 0 Å². The van der Waals surface area contributed by atoms with Crippen molar-refractivity contribution in [3.8, 4) is 0 Å². The predicted octanol–water partition coefficient (Wildman–Crippen LogP) is 4.42. The van der Waals surface area contributed by atoms with Gasteiger partial charge in [0.15, 0.2) is 0 Å². The number of nitrogens with one attached hydrogen (secondary N) is 1. The lowest BCUT2D eigenvalue weighted by atomic mass is 10.0. The summed E-state index contributed by atoms with van der Waals surface area (Å²) in [6.45, 7) is 3.83. The average molecular weight is 223 g/mol. The van der Waals surface area contributed by atoms with E-state index in [-0.39, 0.29) is 6.04 Å². The van der Waals surface area contributed by atoms with Crippen LogP contribution in [0.25, 0.3) is 0 Å². The van der Waals surface area contributed by atoms with Gasteiger partial charge >= 0.3 is 0 Å². The minimum absolute atomic E-state index is 0.288. The Hall–Kier alpha value is -2.02. The summed E-state index contributed by atoms with van der Waals surface area (Å²) in [6, 6.07) is 21.0. The molecule has 1 heteroatoms. The number of hydrogen-bond acceptors (Lipinski definition) is 1. The first-order valence-corrected chi connectivity index (χ1v) is 5.87. The van der Waals surface area contributed by atoms with Crippen molar-refractivity contribution >= 4 is 5.69 Å². The van der Waals surface area contributed by atoms with Gasteiger partial charge in [-0.05, 0) is 24.1 Å². The second-order valence-corrected chi connectivity index (χ2v) is 4.00. The molecule has 0 saturated heterocycles. The van der Waals surface area contributed by atoms with E-state index in [1.165, 1.54) is 5.56 Å². The summed E-state index contributed by atoms with van der Waals surface area (Å²) >= 11 is 0. The van der Waals surface area contributed by atoms with Gasteiger partial charge in [-0.25, -0.2) is 0 Å². The molecule has 1 N–H and O–H groups in total. The van der Waals surface area contributed by atoms with Crippen LogP contribution in [0.1, 0.15) is 18.0 Å². The molecule has 86 valence electrons. The first-order valence-electron chi connectivity index (χ1n) is 5.87. The highest BCUT2D eigenvalue weighted by atomic mass is 14.9. The summed E-state index contributed by atoms with van der Waals surface area (Å²) < 4.78 is 0. The topological polar surface area (TPSA) is 12.0 Å². The molecular weight excluding hydrogens is 206 g/mol. The second-order valence-electron chi connectivity index (χ2n) is 4.00. The zero-order chi connectivity index (χ0) is 11.9. The quantitative estimate of drug-likeness (QED) is 0.740. The summed E-state index contributed by atoms with van der Waals surface area (Å²) in [6.07, 6.45) is 2.87. The van der Waals surface area contributed by atoms with Crippen molar-refractivity contribution in [2.75, 3.05) is 5.32 Å². The Labute approximate surface area is 103 Å². The molecular formula is C16H17N. The molecule has 0 unspecified atom stereocenters. The van der Waals surface area contributed by atoms with Gasteiger partial charge in [-0.15, -0.1) is 6.58 Å². The molecule has 0 aliphatic rings. The standard InChI is InChI=1S/C16H17N/c1-2-9-16(14-10-5-3-6-11-14)17-15-12-7-4-8-13-15/h2-8,10-13,16-17H,1,9H2/t16-/m0/s1. The smallest absolute Gasteiger partial charge is 0.0548 e. The third-order valence-electron chi connectivity index (χ3n) is 2.72.